The fourth-order valence-corrected chi connectivity index (χ4v) is 3.65. The number of hydrogen-bond donors (Lipinski definition) is 1. The van der Waals surface area contributed by atoms with Crippen LogP contribution in [0.5, 0.6) is 5.75 Å². The summed E-state index contributed by atoms with van der Waals surface area (Å²) in [6.45, 7) is 2.49. The predicted molar refractivity (Wildman–Crippen MR) is 118 cm³/mol. The molecule has 1 atom stereocenters. The summed E-state index contributed by atoms with van der Waals surface area (Å²) in [5.41, 5.74) is -0.220. The number of ketones is 1. The van der Waals surface area contributed by atoms with E-state index < -0.39 is 40.8 Å². The second-order valence-corrected chi connectivity index (χ2v) is 7.39. The first-order valence-corrected chi connectivity index (χ1v) is 10.3. The smallest absolute Gasteiger partial charge is 0.300 e. The van der Waals surface area contributed by atoms with Gasteiger partial charge >= 0.3 is 0 Å². The van der Waals surface area contributed by atoms with Gasteiger partial charge in [0.05, 0.1) is 23.6 Å². The van der Waals surface area contributed by atoms with E-state index in [2.05, 4.69) is 4.98 Å². The van der Waals surface area contributed by atoms with Crippen LogP contribution >= 0.6 is 0 Å². The van der Waals surface area contributed by atoms with Crippen molar-refractivity contribution in [3.8, 4) is 5.75 Å². The standard InChI is InChI=1S/C25H20F2N2O4/c1-2-13-33-17-9-6-15(7-10-17)23(30)21-22(19-5-3-4-12-28-19)29(25(32)24(21)31)20-14-16(26)8-11-18(20)27/h3-12,14,22,30H,2,13H2,1H3/b23-21+. The van der Waals surface area contributed by atoms with E-state index in [0.29, 0.717) is 12.4 Å². The van der Waals surface area contributed by atoms with Gasteiger partial charge in [-0.3, -0.25) is 19.5 Å². The molecule has 6 nitrogen and oxygen atoms in total. The minimum absolute atomic E-state index is 0.213. The maximum absolute atomic E-state index is 14.6. The summed E-state index contributed by atoms with van der Waals surface area (Å²) in [5.74, 6) is -3.67. The van der Waals surface area contributed by atoms with Crippen molar-refractivity contribution in [3.05, 3.63) is 95.3 Å². The number of aliphatic hydroxyl groups is 1. The maximum atomic E-state index is 14.6. The summed E-state index contributed by atoms with van der Waals surface area (Å²) in [7, 11) is 0. The van der Waals surface area contributed by atoms with Gasteiger partial charge in [-0.1, -0.05) is 13.0 Å². The van der Waals surface area contributed by atoms with Crippen LogP contribution in [0.15, 0.2) is 72.4 Å². The third-order valence-corrected chi connectivity index (χ3v) is 5.18. The van der Waals surface area contributed by atoms with Crippen LogP contribution in [0.2, 0.25) is 0 Å². The van der Waals surface area contributed by atoms with Crippen LogP contribution in [-0.2, 0) is 9.59 Å². The zero-order valence-electron chi connectivity index (χ0n) is 17.7. The molecule has 0 aliphatic carbocycles. The fourth-order valence-electron chi connectivity index (χ4n) is 3.65. The van der Waals surface area contributed by atoms with Gasteiger partial charge in [-0.25, -0.2) is 8.78 Å². The number of hydrogen-bond acceptors (Lipinski definition) is 5. The molecule has 2 aromatic carbocycles. The van der Waals surface area contributed by atoms with Gasteiger partial charge in [0.1, 0.15) is 29.2 Å². The summed E-state index contributed by atoms with van der Waals surface area (Å²) in [4.78, 5) is 31.0. The molecule has 168 valence electrons. The van der Waals surface area contributed by atoms with Gasteiger partial charge < -0.3 is 9.84 Å². The van der Waals surface area contributed by atoms with Crippen LogP contribution in [0.1, 0.15) is 30.6 Å². The number of carbonyl (C=O) groups excluding carboxylic acids is 2. The zero-order chi connectivity index (χ0) is 23.5. The van der Waals surface area contributed by atoms with Crippen molar-refractivity contribution in [1.82, 2.24) is 4.98 Å². The maximum Gasteiger partial charge on any atom is 0.300 e. The number of ether oxygens (including phenoxy) is 1. The Morgan fingerprint density at radius 2 is 1.85 bits per heavy atom. The van der Waals surface area contributed by atoms with E-state index >= 15 is 0 Å². The summed E-state index contributed by atoms with van der Waals surface area (Å²) < 4.78 is 34.1. The highest BCUT2D eigenvalue weighted by Gasteiger charge is 2.48. The molecule has 1 unspecified atom stereocenters. The average Bonchev–Trinajstić information content (AvgIpc) is 3.10. The first-order valence-electron chi connectivity index (χ1n) is 10.3. The zero-order valence-corrected chi connectivity index (χ0v) is 17.7. The van der Waals surface area contributed by atoms with E-state index in [0.717, 1.165) is 29.5 Å². The third-order valence-electron chi connectivity index (χ3n) is 5.18. The van der Waals surface area contributed by atoms with Crippen molar-refractivity contribution in [3.63, 3.8) is 0 Å². The van der Waals surface area contributed by atoms with Crippen LogP contribution in [0.4, 0.5) is 14.5 Å². The molecule has 1 fully saturated rings. The molecule has 33 heavy (non-hydrogen) atoms. The van der Waals surface area contributed by atoms with Gasteiger partial charge in [0.2, 0.25) is 0 Å². The molecule has 1 aliphatic rings. The number of pyridine rings is 1. The van der Waals surface area contributed by atoms with E-state index in [1.54, 1.807) is 36.4 Å². The number of carbonyl (C=O) groups is 2. The highest BCUT2D eigenvalue weighted by molar-refractivity contribution is 6.51. The minimum atomic E-state index is -1.25. The lowest BCUT2D eigenvalue weighted by atomic mass is 9.98. The second-order valence-electron chi connectivity index (χ2n) is 7.39. The number of nitrogens with zero attached hydrogens (tertiary/aromatic N) is 2. The lowest BCUT2D eigenvalue weighted by Crippen LogP contribution is -2.30. The van der Waals surface area contributed by atoms with Gasteiger partial charge in [-0.15, -0.1) is 0 Å². The van der Waals surface area contributed by atoms with Crippen molar-refractivity contribution in [1.29, 1.82) is 0 Å². The number of amides is 1. The highest BCUT2D eigenvalue weighted by Crippen LogP contribution is 2.42. The number of aromatic nitrogens is 1. The Bertz CT molecular complexity index is 1230. The van der Waals surface area contributed by atoms with Crippen LogP contribution in [0, 0.1) is 11.6 Å². The van der Waals surface area contributed by atoms with Gasteiger partial charge in [-0.05, 0) is 55.0 Å². The number of Topliss-reactive ketones (excluding diaryl/α,β-unsaturated/α-hetero) is 1. The number of halogens is 2. The van der Waals surface area contributed by atoms with Crippen LogP contribution in [-0.4, -0.2) is 28.4 Å². The minimum Gasteiger partial charge on any atom is -0.507 e. The molecule has 2 heterocycles. The van der Waals surface area contributed by atoms with E-state index in [1.165, 1.54) is 12.3 Å². The van der Waals surface area contributed by atoms with Crippen LogP contribution in [0.25, 0.3) is 5.76 Å². The van der Waals surface area contributed by atoms with Crippen LogP contribution in [0.3, 0.4) is 0 Å². The lowest BCUT2D eigenvalue weighted by molar-refractivity contribution is -0.132. The van der Waals surface area contributed by atoms with Gasteiger partial charge in [0, 0.05) is 17.8 Å². The number of aliphatic hydroxyl groups excluding tert-OH is 1. The Morgan fingerprint density at radius 1 is 1.09 bits per heavy atom. The molecule has 0 saturated carbocycles. The number of rotatable bonds is 6. The molecule has 3 aromatic rings. The van der Waals surface area contributed by atoms with Gasteiger partial charge in [0.25, 0.3) is 11.7 Å². The molecule has 0 bridgehead atoms. The van der Waals surface area contributed by atoms with E-state index in [4.69, 9.17) is 4.74 Å². The predicted octanol–water partition coefficient (Wildman–Crippen LogP) is 4.77. The SMILES string of the molecule is CCCOc1ccc(/C(O)=C2\C(=O)C(=O)N(c3cc(F)ccc3F)C2c2ccccn2)cc1. The molecule has 1 saturated heterocycles. The monoisotopic (exact) mass is 450 g/mol. The Balaban J connectivity index is 1.86. The van der Waals surface area contributed by atoms with Gasteiger partial charge in [0.15, 0.2) is 0 Å². The molecule has 1 aliphatic heterocycles. The normalized spacial score (nSPS) is 17.4. The summed E-state index contributed by atoms with van der Waals surface area (Å²) in [6, 6.07) is 12.5. The molecule has 4 rings (SSSR count). The summed E-state index contributed by atoms with van der Waals surface area (Å²) >= 11 is 0. The average molecular weight is 450 g/mol. The molecule has 0 radical (unpaired) electrons. The Morgan fingerprint density at radius 3 is 2.52 bits per heavy atom. The Hall–Kier alpha value is -4.07. The number of anilines is 1. The summed E-state index contributed by atoms with van der Waals surface area (Å²) in [6.07, 6.45) is 2.27. The highest BCUT2D eigenvalue weighted by atomic mass is 19.1. The quantitative estimate of drug-likeness (QED) is 0.332. The molecule has 1 amide bonds. The first-order chi connectivity index (χ1) is 15.9. The summed E-state index contributed by atoms with van der Waals surface area (Å²) in [5, 5.41) is 11.0. The molecule has 0 spiro atoms. The van der Waals surface area contributed by atoms with Crippen molar-refractivity contribution < 1.29 is 28.2 Å². The first kappa shape index (κ1) is 22.1. The fraction of sp³-hybridized carbons (Fsp3) is 0.160. The molecular weight excluding hydrogens is 430 g/mol. The number of benzene rings is 2. The molecule has 1 N–H and O–H groups in total. The van der Waals surface area contributed by atoms with Crippen LogP contribution < -0.4 is 9.64 Å². The molecule has 1 aromatic heterocycles. The van der Waals surface area contributed by atoms with E-state index in [1.807, 2.05) is 6.92 Å². The Kier molecular flexibility index (Phi) is 6.17. The van der Waals surface area contributed by atoms with Crippen molar-refractivity contribution in [2.75, 3.05) is 11.5 Å². The van der Waals surface area contributed by atoms with Crippen molar-refractivity contribution in [2.24, 2.45) is 0 Å². The van der Waals surface area contributed by atoms with E-state index in [9.17, 15) is 23.5 Å². The lowest BCUT2D eigenvalue weighted by Gasteiger charge is -2.25. The largest absolute Gasteiger partial charge is 0.507 e. The molecule has 8 heteroatoms. The molecular formula is C25H20F2N2O4. The Labute approximate surface area is 188 Å². The van der Waals surface area contributed by atoms with Crippen molar-refractivity contribution >= 4 is 23.1 Å². The van der Waals surface area contributed by atoms with Gasteiger partial charge in [-0.2, -0.15) is 0 Å². The topological polar surface area (TPSA) is 79.7 Å². The van der Waals surface area contributed by atoms with Crippen molar-refractivity contribution in [2.45, 2.75) is 19.4 Å². The third kappa shape index (κ3) is 4.19. The van der Waals surface area contributed by atoms with E-state index in [-0.39, 0.29) is 16.8 Å². The second kappa shape index (κ2) is 9.20.